The monoisotopic (exact) mass is 500 g/mol. The normalized spacial score (nSPS) is 15.6. The molecule has 1 aliphatic heterocycles. The maximum atomic E-state index is 13.3. The molecule has 3 aromatic rings. The van der Waals surface area contributed by atoms with Gasteiger partial charge >= 0.3 is 6.18 Å². The summed E-state index contributed by atoms with van der Waals surface area (Å²) in [7, 11) is 0. The van der Waals surface area contributed by atoms with Gasteiger partial charge in [0.25, 0.3) is 0 Å². The van der Waals surface area contributed by atoms with Crippen molar-refractivity contribution >= 4 is 23.2 Å². The highest BCUT2D eigenvalue weighted by atomic mass is 32.1. The molecule has 35 heavy (non-hydrogen) atoms. The maximum Gasteiger partial charge on any atom is 0.416 e. The third-order valence-corrected chi connectivity index (χ3v) is 7.41. The first-order valence-electron chi connectivity index (χ1n) is 11.5. The number of alkyl halides is 3. The van der Waals surface area contributed by atoms with Gasteiger partial charge in [-0.05, 0) is 71.7 Å². The highest BCUT2D eigenvalue weighted by Crippen LogP contribution is 2.40. The summed E-state index contributed by atoms with van der Waals surface area (Å²) in [6, 6.07) is 12.9. The number of aryl methyl sites for hydroxylation is 2. The van der Waals surface area contributed by atoms with Gasteiger partial charge in [-0.2, -0.15) is 13.2 Å². The minimum atomic E-state index is -4.44. The van der Waals surface area contributed by atoms with E-state index in [1.807, 2.05) is 36.9 Å². The lowest BCUT2D eigenvalue weighted by atomic mass is 9.87. The Kier molecular flexibility index (Phi) is 7.31. The molecular formula is C27H27F3N2O2S. The van der Waals surface area contributed by atoms with Crippen LogP contribution in [0.3, 0.4) is 0 Å². The Labute approximate surface area is 206 Å². The summed E-state index contributed by atoms with van der Waals surface area (Å²) in [5, 5.41) is 4.69. The van der Waals surface area contributed by atoms with Crippen LogP contribution in [0.5, 0.6) is 0 Å². The van der Waals surface area contributed by atoms with Crippen molar-refractivity contribution in [1.82, 2.24) is 10.2 Å². The Morgan fingerprint density at radius 1 is 1.06 bits per heavy atom. The molecule has 184 valence electrons. The van der Waals surface area contributed by atoms with Crippen molar-refractivity contribution in [3.8, 4) is 0 Å². The number of nitrogens with zero attached hydrogens (tertiary/aromatic N) is 1. The molecule has 2 aromatic carbocycles. The van der Waals surface area contributed by atoms with Crippen molar-refractivity contribution in [2.75, 3.05) is 6.54 Å². The van der Waals surface area contributed by atoms with Crippen LogP contribution in [0.15, 0.2) is 53.9 Å². The van der Waals surface area contributed by atoms with E-state index in [9.17, 15) is 22.8 Å². The Hall–Kier alpha value is -3.13. The first kappa shape index (κ1) is 25.0. The molecule has 1 unspecified atom stereocenters. The van der Waals surface area contributed by atoms with Crippen LogP contribution in [0, 0.1) is 13.8 Å². The van der Waals surface area contributed by atoms with Crippen LogP contribution >= 0.6 is 11.3 Å². The van der Waals surface area contributed by atoms with Crippen LogP contribution in [0.25, 0.3) is 0 Å². The lowest BCUT2D eigenvalue weighted by Gasteiger charge is -2.38. The molecule has 0 radical (unpaired) electrons. The third-order valence-electron chi connectivity index (χ3n) is 6.41. The van der Waals surface area contributed by atoms with Crippen LogP contribution in [-0.4, -0.2) is 23.3 Å². The van der Waals surface area contributed by atoms with Crippen LogP contribution in [0.4, 0.5) is 13.2 Å². The number of rotatable bonds is 6. The molecule has 8 heteroatoms. The van der Waals surface area contributed by atoms with E-state index in [1.165, 1.54) is 17.0 Å². The van der Waals surface area contributed by atoms with Gasteiger partial charge in [-0.1, -0.05) is 30.3 Å². The standard InChI is InChI=1S/C27H27F3N2O2S/c1-17-5-3-6-18(2)25(17)26-21-12-14-35-22(21)11-13-32(26)24(34)10-9-23(33)31-16-19-7-4-8-20(15-19)27(28,29)30/h3-8,12,14-15,26H,9-11,13,16H2,1-2H3,(H,31,33). The number of thiophene rings is 1. The maximum absolute atomic E-state index is 13.3. The van der Waals surface area contributed by atoms with Crippen LogP contribution < -0.4 is 5.32 Å². The van der Waals surface area contributed by atoms with Gasteiger partial charge < -0.3 is 10.2 Å². The Balaban J connectivity index is 1.42. The third kappa shape index (κ3) is 5.59. The number of hydrogen-bond donors (Lipinski definition) is 1. The molecule has 0 saturated heterocycles. The molecule has 2 amide bonds. The summed E-state index contributed by atoms with van der Waals surface area (Å²) in [6.07, 6.45) is -3.64. The van der Waals surface area contributed by atoms with E-state index >= 15 is 0 Å². The van der Waals surface area contributed by atoms with Crippen molar-refractivity contribution in [3.05, 3.63) is 92.2 Å². The van der Waals surface area contributed by atoms with Crippen LogP contribution in [-0.2, 0) is 28.7 Å². The molecule has 1 aliphatic rings. The van der Waals surface area contributed by atoms with Crippen molar-refractivity contribution in [3.63, 3.8) is 0 Å². The zero-order valence-electron chi connectivity index (χ0n) is 19.6. The van der Waals surface area contributed by atoms with Gasteiger partial charge in [-0.25, -0.2) is 0 Å². The SMILES string of the molecule is Cc1cccc(C)c1C1c2ccsc2CCN1C(=O)CCC(=O)NCc1cccc(C(F)(F)F)c1. The first-order chi connectivity index (χ1) is 16.6. The number of carbonyl (C=O) groups is 2. The number of halogens is 3. The zero-order chi connectivity index (χ0) is 25.2. The van der Waals surface area contributed by atoms with Gasteiger partial charge in [0, 0.05) is 30.8 Å². The Morgan fingerprint density at radius 2 is 1.77 bits per heavy atom. The number of benzene rings is 2. The van der Waals surface area contributed by atoms with E-state index < -0.39 is 11.7 Å². The fourth-order valence-corrected chi connectivity index (χ4v) is 5.57. The van der Waals surface area contributed by atoms with Gasteiger partial charge in [-0.15, -0.1) is 11.3 Å². The minimum absolute atomic E-state index is 0.0235. The first-order valence-corrected chi connectivity index (χ1v) is 12.4. The van der Waals surface area contributed by atoms with Gasteiger partial charge in [0.1, 0.15) is 0 Å². The largest absolute Gasteiger partial charge is 0.416 e. The molecule has 0 aliphatic carbocycles. The summed E-state index contributed by atoms with van der Waals surface area (Å²) in [5.41, 5.74) is 4.09. The van der Waals surface area contributed by atoms with E-state index in [0.717, 1.165) is 40.8 Å². The van der Waals surface area contributed by atoms with Crippen molar-refractivity contribution in [1.29, 1.82) is 0 Å². The van der Waals surface area contributed by atoms with Crippen LogP contribution in [0.1, 0.15) is 57.1 Å². The van der Waals surface area contributed by atoms with Crippen molar-refractivity contribution in [2.45, 2.75) is 51.9 Å². The lowest BCUT2D eigenvalue weighted by Crippen LogP contribution is -2.41. The predicted molar refractivity (Wildman–Crippen MR) is 130 cm³/mol. The fraction of sp³-hybridized carbons (Fsp3) is 0.333. The second-order valence-corrected chi connectivity index (χ2v) is 9.82. The highest BCUT2D eigenvalue weighted by molar-refractivity contribution is 7.10. The quantitative estimate of drug-likeness (QED) is 0.454. The predicted octanol–water partition coefficient (Wildman–Crippen LogP) is 5.95. The molecule has 1 atom stereocenters. The number of hydrogen-bond acceptors (Lipinski definition) is 3. The molecule has 4 rings (SSSR count). The highest BCUT2D eigenvalue weighted by Gasteiger charge is 2.34. The van der Waals surface area contributed by atoms with Crippen LogP contribution in [0.2, 0.25) is 0 Å². The van der Waals surface area contributed by atoms with E-state index in [4.69, 9.17) is 0 Å². The topological polar surface area (TPSA) is 49.4 Å². The smallest absolute Gasteiger partial charge is 0.352 e. The summed E-state index contributed by atoms with van der Waals surface area (Å²) in [6.45, 7) is 4.65. The molecule has 0 spiro atoms. The van der Waals surface area contributed by atoms with Gasteiger partial charge in [0.2, 0.25) is 11.8 Å². The average molecular weight is 501 g/mol. The second kappa shape index (κ2) is 10.2. The van der Waals surface area contributed by atoms with Crippen molar-refractivity contribution in [2.24, 2.45) is 0 Å². The van der Waals surface area contributed by atoms with Crippen molar-refractivity contribution < 1.29 is 22.8 Å². The summed E-state index contributed by atoms with van der Waals surface area (Å²) in [4.78, 5) is 28.8. The molecule has 2 heterocycles. The van der Waals surface area contributed by atoms with Gasteiger partial charge in [0.05, 0.1) is 11.6 Å². The molecule has 4 nitrogen and oxygen atoms in total. The Bertz CT molecular complexity index is 1210. The molecule has 0 bridgehead atoms. The number of nitrogens with one attached hydrogen (secondary N) is 1. The van der Waals surface area contributed by atoms with Gasteiger partial charge in [0.15, 0.2) is 0 Å². The summed E-state index contributed by atoms with van der Waals surface area (Å²) >= 11 is 1.70. The molecule has 0 saturated carbocycles. The Morgan fingerprint density at radius 3 is 2.49 bits per heavy atom. The van der Waals surface area contributed by atoms with E-state index in [1.54, 1.807) is 11.3 Å². The number of fused-ring (bicyclic) bond motifs is 1. The zero-order valence-corrected chi connectivity index (χ0v) is 20.4. The second-order valence-electron chi connectivity index (χ2n) is 8.82. The van der Waals surface area contributed by atoms with E-state index in [2.05, 4.69) is 16.8 Å². The molecule has 1 N–H and O–H groups in total. The summed E-state index contributed by atoms with van der Waals surface area (Å²) in [5.74, 6) is -0.476. The lowest BCUT2D eigenvalue weighted by molar-refractivity contribution is -0.137. The molecular weight excluding hydrogens is 473 g/mol. The average Bonchev–Trinajstić information content (AvgIpc) is 3.30. The minimum Gasteiger partial charge on any atom is -0.352 e. The van der Waals surface area contributed by atoms with Gasteiger partial charge in [-0.3, -0.25) is 9.59 Å². The fourth-order valence-electron chi connectivity index (χ4n) is 4.67. The summed E-state index contributed by atoms with van der Waals surface area (Å²) < 4.78 is 38.7. The number of amides is 2. The van der Waals surface area contributed by atoms with E-state index in [0.29, 0.717) is 12.1 Å². The molecule has 0 fully saturated rings. The molecule has 1 aromatic heterocycles. The van der Waals surface area contributed by atoms with E-state index in [-0.39, 0.29) is 37.2 Å². The number of carbonyl (C=O) groups excluding carboxylic acids is 2.